The predicted octanol–water partition coefficient (Wildman–Crippen LogP) is 3.23. The lowest BCUT2D eigenvalue weighted by Gasteiger charge is -2.12. The maximum Gasteiger partial charge on any atom is 0.255 e. The van der Waals surface area contributed by atoms with Crippen LogP contribution in [0.2, 0.25) is 0 Å². The molecule has 2 amide bonds. The molecule has 4 N–H and O–H groups in total. The monoisotopic (exact) mass is 406 g/mol. The third kappa shape index (κ3) is 4.94. The zero-order valence-corrected chi connectivity index (χ0v) is 16.3. The zero-order valence-electron chi connectivity index (χ0n) is 15.5. The summed E-state index contributed by atoms with van der Waals surface area (Å²) in [5, 5.41) is 5.53. The summed E-state index contributed by atoms with van der Waals surface area (Å²) in [4.78, 5) is 29.3. The van der Waals surface area contributed by atoms with Gasteiger partial charge in [-0.15, -0.1) is 0 Å². The second kappa shape index (κ2) is 8.94. The third-order valence-electron chi connectivity index (χ3n) is 4.10. The minimum absolute atomic E-state index is 0.259. The van der Waals surface area contributed by atoms with Gasteiger partial charge in [-0.1, -0.05) is 24.4 Å². The molecule has 3 rings (SSSR count). The second-order valence-corrected chi connectivity index (χ2v) is 6.44. The minimum atomic E-state index is -0.342. The van der Waals surface area contributed by atoms with E-state index in [1.165, 1.54) is 12.4 Å². The van der Waals surface area contributed by atoms with Crippen LogP contribution in [0.5, 0.6) is 5.75 Å². The van der Waals surface area contributed by atoms with Crippen molar-refractivity contribution in [2.24, 2.45) is 5.73 Å². The maximum absolute atomic E-state index is 12.6. The molecule has 0 saturated heterocycles. The molecule has 7 nitrogen and oxygen atoms in total. The molecule has 0 aliphatic carbocycles. The molecule has 8 heteroatoms. The number of benzene rings is 2. The van der Waals surface area contributed by atoms with E-state index >= 15 is 0 Å². The van der Waals surface area contributed by atoms with E-state index in [2.05, 4.69) is 15.6 Å². The molecule has 29 heavy (non-hydrogen) atoms. The number of nitrogens with two attached hydrogens (primary N) is 1. The van der Waals surface area contributed by atoms with E-state index in [0.29, 0.717) is 33.8 Å². The van der Waals surface area contributed by atoms with Crippen molar-refractivity contribution in [3.8, 4) is 5.75 Å². The molecule has 0 aliphatic rings. The summed E-state index contributed by atoms with van der Waals surface area (Å²) in [6.45, 7) is 0. The highest BCUT2D eigenvalue weighted by molar-refractivity contribution is 7.80. The van der Waals surface area contributed by atoms with Crippen molar-refractivity contribution in [3.05, 3.63) is 83.7 Å². The molecule has 0 unspecified atom stereocenters. The van der Waals surface area contributed by atoms with Gasteiger partial charge in [0.2, 0.25) is 0 Å². The number of rotatable bonds is 6. The number of hydrogen-bond donors (Lipinski definition) is 3. The molecule has 146 valence electrons. The maximum atomic E-state index is 12.6. The van der Waals surface area contributed by atoms with Crippen molar-refractivity contribution in [1.82, 2.24) is 4.98 Å². The number of methoxy groups -OCH3 is 1. The molecular formula is C21H18N4O3S. The van der Waals surface area contributed by atoms with Crippen LogP contribution in [0, 0.1) is 0 Å². The Kier molecular flexibility index (Phi) is 6.16. The van der Waals surface area contributed by atoms with E-state index in [0.717, 1.165) is 0 Å². The molecule has 0 aliphatic heterocycles. The van der Waals surface area contributed by atoms with Gasteiger partial charge in [-0.25, -0.2) is 0 Å². The average molecular weight is 406 g/mol. The highest BCUT2D eigenvalue weighted by Crippen LogP contribution is 2.22. The van der Waals surface area contributed by atoms with Crippen LogP contribution in [0.15, 0.2) is 67.0 Å². The lowest BCUT2D eigenvalue weighted by molar-refractivity contribution is 0.101. The molecule has 0 radical (unpaired) electrons. The van der Waals surface area contributed by atoms with E-state index in [1.807, 2.05) is 0 Å². The van der Waals surface area contributed by atoms with Gasteiger partial charge < -0.3 is 21.1 Å². The molecule has 0 saturated carbocycles. The van der Waals surface area contributed by atoms with Crippen molar-refractivity contribution in [3.63, 3.8) is 0 Å². The van der Waals surface area contributed by atoms with Gasteiger partial charge in [0.25, 0.3) is 11.8 Å². The average Bonchev–Trinajstić information content (AvgIpc) is 2.75. The number of carbonyl (C=O) groups is 2. The number of nitrogens with one attached hydrogen (secondary N) is 2. The summed E-state index contributed by atoms with van der Waals surface area (Å²) in [5.74, 6) is -0.0279. The third-order valence-corrected chi connectivity index (χ3v) is 4.34. The lowest BCUT2D eigenvalue weighted by Crippen LogP contribution is -2.17. The van der Waals surface area contributed by atoms with Gasteiger partial charge in [-0.05, 0) is 42.5 Å². The summed E-state index contributed by atoms with van der Waals surface area (Å²) in [6.07, 6.45) is 2.99. The smallest absolute Gasteiger partial charge is 0.255 e. The molecule has 0 bridgehead atoms. The summed E-state index contributed by atoms with van der Waals surface area (Å²) in [6, 6.07) is 14.9. The summed E-state index contributed by atoms with van der Waals surface area (Å²) in [5.41, 5.74) is 7.91. The van der Waals surface area contributed by atoms with Crippen LogP contribution in [-0.2, 0) is 0 Å². The molecule has 0 spiro atoms. The first-order valence-corrected chi connectivity index (χ1v) is 8.99. The van der Waals surface area contributed by atoms with E-state index in [1.54, 1.807) is 61.7 Å². The number of nitrogens with zero attached hydrogens (tertiary/aromatic N) is 1. The van der Waals surface area contributed by atoms with Crippen LogP contribution < -0.4 is 21.1 Å². The number of thiocarbonyl (C=S) groups is 1. The first-order valence-electron chi connectivity index (χ1n) is 8.58. The van der Waals surface area contributed by atoms with Crippen LogP contribution in [0.3, 0.4) is 0 Å². The van der Waals surface area contributed by atoms with Gasteiger partial charge >= 0.3 is 0 Å². The Balaban J connectivity index is 1.75. The number of amides is 2. The van der Waals surface area contributed by atoms with Crippen LogP contribution >= 0.6 is 12.2 Å². The zero-order chi connectivity index (χ0) is 20.8. The van der Waals surface area contributed by atoms with Gasteiger partial charge in [-0.2, -0.15) is 0 Å². The van der Waals surface area contributed by atoms with Crippen molar-refractivity contribution in [1.29, 1.82) is 0 Å². The SMILES string of the molecule is COc1ccc(C(=O)Nc2cnccc2NC(=O)c2ccc(C(N)=S)cc2)cc1. The standard InChI is InChI=1S/C21H18N4O3S/c1-28-16-8-6-15(7-9-16)21(27)25-18-12-23-11-10-17(18)24-20(26)14-4-2-13(3-5-14)19(22)29/h2-12H,1H3,(H2,22,29)(H,25,27)(H,23,24,26). The molecule has 1 aromatic heterocycles. The Labute approximate surface area is 172 Å². The Bertz CT molecular complexity index is 1050. The van der Waals surface area contributed by atoms with Crippen molar-refractivity contribution in [2.75, 3.05) is 17.7 Å². The molecule has 1 heterocycles. The van der Waals surface area contributed by atoms with Crippen molar-refractivity contribution >= 4 is 40.4 Å². The lowest BCUT2D eigenvalue weighted by atomic mass is 10.1. The Morgan fingerprint density at radius 3 is 1.93 bits per heavy atom. The van der Waals surface area contributed by atoms with E-state index < -0.39 is 0 Å². The topological polar surface area (TPSA) is 106 Å². The fourth-order valence-electron chi connectivity index (χ4n) is 2.52. The summed E-state index contributed by atoms with van der Waals surface area (Å²) in [7, 11) is 1.55. The number of ether oxygens (including phenoxy) is 1. The van der Waals surface area contributed by atoms with Gasteiger partial charge in [0, 0.05) is 22.9 Å². The highest BCUT2D eigenvalue weighted by atomic mass is 32.1. The van der Waals surface area contributed by atoms with Crippen LogP contribution in [0.1, 0.15) is 26.3 Å². The fraction of sp³-hybridized carbons (Fsp3) is 0.0476. The summed E-state index contributed by atoms with van der Waals surface area (Å²) < 4.78 is 5.09. The number of hydrogen-bond acceptors (Lipinski definition) is 5. The van der Waals surface area contributed by atoms with Crippen molar-refractivity contribution < 1.29 is 14.3 Å². The van der Waals surface area contributed by atoms with Gasteiger partial charge in [-0.3, -0.25) is 14.6 Å². The molecular weight excluding hydrogens is 388 g/mol. The quantitative estimate of drug-likeness (QED) is 0.543. The Morgan fingerprint density at radius 2 is 1.38 bits per heavy atom. The molecule has 0 fully saturated rings. The largest absolute Gasteiger partial charge is 0.497 e. The molecule has 2 aromatic carbocycles. The fourth-order valence-corrected chi connectivity index (χ4v) is 2.66. The van der Waals surface area contributed by atoms with E-state index in [4.69, 9.17) is 22.7 Å². The molecule has 0 atom stereocenters. The van der Waals surface area contributed by atoms with Crippen LogP contribution in [0.4, 0.5) is 11.4 Å². The van der Waals surface area contributed by atoms with Gasteiger partial charge in [0.1, 0.15) is 10.7 Å². The second-order valence-electron chi connectivity index (χ2n) is 6.00. The normalized spacial score (nSPS) is 10.1. The Hall–Kier alpha value is -3.78. The molecule has 3 aromatic rings. The van der Waals surface area contributed by atoms with E-state index in [-0.39, 0.29) is 16.8 Å². The highest BCUT2D eigenvalue weighted by Gasteiger charge is 2.13. The van der Waals surface area contributed by atoms with Crippen LogP contribution in [0.25, 0.3) is 0 Å². The van der Waals surface area contributed by atoms with Crippen LogP contribution in [-0.4, -0.2) is 28.9 Å². The summed E-state index contributed by atoms with van der Waals surface area (Å²) >= 11 is 4.91. The van der Waals surface area contributed by atoms with E-state index in [9.17, 15) is 9.59 Å². The number of carbonyl (C=O) groups excluding carboxylic acids is 2. The minimum Gasteiger partial charge on any atom is -0.497 e. The van der Waals surface area contributed by atoms with Gasteiger partial charge in [0.05, 0.1) is 24.7 Å². The number of aromatic nitrogens is 1. The van der Waals surface area contributed by atoms with Crippen molar-refractivity contribution in [2.45, 2.75) is 0 Å². The van der Waals surface area contributed by atoms with Gasteiger partial charge in [0.15, 0.2) is 0 Å². The Morgan fingerprint density at radius 1 is 0.862 bits per heavy atom. The number of pyridine rings is 1. The number of anilines is 2. The first kappa shape index (κ1) is 20.0. The first-order chi connectivity index (χ1) is 14.0. The predicted molar refractivity (Wildman–Crippen MR) is 115 cm³/mol.